The average molecular weight is 481 g/mol. The van der Waals surface area contributed by atoms with Gasteiger partial charge in [0.1, 0.15) is 24.5 Å². The number of hydrogen-bond acceptors (Lipinski definition) is 8. The van der Waals surface area contributed by atoms with Crippen molar-refractivity contribution < 1.29 is 32.4 Å². The molecule has 34 heavy (non-hydrogen) atoms. The summed E-state index contributed by atoms with van der Waals surface area (Å²) in [6, 6.07) is 5.68. The van der Waals surface area contributed by atoms with Gasteiger partial charge in [0, 0.05) is 0 Å². The lowest BCUT2D eigenvalue weighted by atomic mass is 10.1. The van der Waals surface area contributed by atoms with Gasteiger partial charge in [-0.1, -0.05) is 26.5 Å². The number of halogens is 2. The number of carbonyl (C=O) groups is 1. The van der Waals surface area contributed by atoms with E-state index in [4.69, 9.17) is 14.0 Å². The van der Waals surface area contributed by atoms with Crippen molar-refractivity contribution in [3.63, 3.8) is 0 Å². The number of anilines is 2. The summed E-state index contributed by atoms with van der Waals surface area (Å²) < 4.78 is 39.1. The summed E-state index contributed by atoms with van der Waals surface area (Å²) >= 11 is 0. The number of fused-ring (bicyclic) bond motifs is 1. The second-order valence-electron chi connectivity index (χ2n) is 6.19. The van der Waals surface area contributed by atoms with E-state index in [2.05, 4.69) is 33.1 Å². The zero-order valence-electron chi connectivity index (χ0n) is 19.6. The van der Waals surface area contributed by atoms with E-state index in [-0.39, 0.29) is 41.3 Å². The molecule has 0 spiro atoms. The Kier molecular flexibility index (Phi) is 12.8. The summed E-state index contributed by atoms with van der Waals surface area (Å²) in [6.07, 6.45) is 2.28. The molecule has 0 saturated carbocycles. The van der Waals surface area contributed by atoms with Crippen molar-refractivity contribution in [2.45, 2.75) is 27.7 Å². The molecule has 0 aliphatic carbocycles. The van der Waals surface area contributed by atoms with Crippen LogP contribution in [0, 0.1) is 18.6 Å². The van der Waals surface area contributed by atoms with Crippen LogP contribution in [0.5, 0.6) is 0 Å². The van der Waals surface area contributed by atoms with E-state index >= 15 is 0 Å². The first-order valence-electron chi connectivity index (χ1n) is 10.5. The zero-order valence-corrected chi connectivity index (χ0v) is 19.6. The van der Waals surface area contributed by atoms with Gasteiger partial charge in [0.25, 0.3) is 5.91 Å². The molecule has 0 aliphatic heterocycles. The van der Waals surface area contributed by atoms with Crippen molar-refractivity contribution in [3.05, 3.63) is 66.3 Å². The lowest BCUT2D eigenvalue weighted by Gasteiger charge is -2.14. The highest BCUT2D eigenvalue weighted by Gasteiger charge is 2.22. The summed E-state index contributed by atoms with van der Waals surface area (Å²) in [5.74, 6) is 2.32. The molecule has 0 bridgehead atoms. The van der Waals surface area contributed by atoms with Gasteiger partial charge in [-0.3, -0.25) is 9.63 Å². The zero-order chi connectivity index (χ0) is 25.5. The number of hydroxylamine groups is 1. The molecule has 11 heteroatoms. The van der Waals surface area contributed by atoms with Crippen LogP contribution in [0.25, 0.3) is 11.1 Å². The van der Waals surface area contributed by atoms with Crippen molar-refractivity contribution in [1.29, 1.82) is 0 Å². The van der Waals surface area contributed by atoms with Gasteiger partial charge in [0.2, 0.25) is 0 Å². The third-order valence-electron chi connectivity index (χ3n) is 3.95. The SMILES string of the molecule is C=COCCONC(=O)c1cc2ocnc2c(F)c1Nc1ccc(C)cc1F.CC.CCON. The second kappa shape index (κ2) is 15.3. The van der Waals surface area contributed by atoms with Crippen LogP contribution < -0.4 is 16.7 Å². The molecule has 0 aliphatic rings. The monoisotopic (exact) mass is 480 g/mol. The number of hydrogen-bond donors (Lipinski definition) is 3. The van der Waals surface area contributed by atoms with Crippen LogP contribution in [0.2, 0.25) is 0 Å². The first-order chi connectivity index (χ1) is 16.4. The molecule has 1 aromatic heterocycles. The molecule has 1 amide bonds. The highest BCUT2D eigenvalue weighted by Crippen LogP contribution is 2.31. The minimum atomic E-state index is -0.855. The van der Waals surface area contributed by atoms with E-state index in [9.17, 15) is 13.6 Å². The highest BCUT2D eigenvalue weighted by molar-refractivity contribution is 6.03. The van der Waals surface area contributed by atoms with Crippen molar-refractivity contribution in [2.75, 3.05) is 25.1 Å². The van der Waals surface area contributed by atoms with E-state index in [1.54, 1.807) is 13.0 Å². The van der Waals surface area contributed by atoms with Crippen molar-refractivity contribution in [2.24, 2.45) is 5.90 Å². The Hall–Kier alpha value is -3.54. The predicted molar refractivity (Wildman–Crippen MR) is 125 cm³/mol. The molecular formula is C23H30F2N4O5. The number of aromatic nitrogens is 1. The molecule has 2 aromatic carbocycles. The Morgan fingerprint density at radius 2 is 1.97 bits per heavy atom. The normalized spacial score (nSPS) is 9.85. The fraction of sp³-hybridized carbons (Fsp3) is 0.304. The number of ether oxygens (including phenoxy) is 1. The molecule has 0 atom stereocenters. The maximum absolute atomic E-state index is 14.9. The number of amides is 1. The van der Waals surface area contributed by atoms with E-state index in [0.29, 0.717) is 12.2 Å². The van der Waals surface area contributed by atoms with Crippen LogP contribution in [0.1, 0.15) is 36.7 Å². The average Bonchev–Trinajstić information content (AvgIpc) is 3.32. The van der Waals surface area contributed by atoms with Crippen molar-refractivity contribution >= 4 is 28.4 Å². The first kappa shape index (κ1) is 28.5. The number of nitrogens with one attached hydrogen (secondary N) is 2. The maximum atomic E-state index is 14.9. The van der Waals surface area contributed by atoms with Gasteiger partial charge < -0.3 is 19.3 Å². The number of rotatable bonds is 9. The fourth-order valence-electron chi connectivity index (χ4n) is 2.46. The number of aryl methyl sites for hydroxylation is 1. The molecule has 0 unspecified atom stereocenters. The van der Waals surface area contributed by atoms with Gasteiger partial charge in [0.15, 0.2) is 17.8 Å². The molecule has 1 heterocycles. The van der Waals surface area contributed by atoms with Crippen molar-refractivity contribution in [3.8, 4) is 0 Å². The van der Waals surface area contributed by atoms with Crippen LogP contribution in [-0.4, -0.2) is 30.7 Å². The number of nitrogens with two attached hydrogens (primary N) is 1. The minimum absolute atomic E-state index is 0.00157. The lowest BCUT2D eigenvalue weighted by Crippen LogP contribution is -2.26. The highest BCUT2D eigenvalue weighted by atomic mass is 19.1. The summed E-state index contributed by atoms with van der Waals surface area (Å²) in [5, 5.41) is 2.62. The summed E-state index contributed by atoms with van der Waals surface area (Å²) in [5.41, 5.74) is 2.44. The van der Waals surface area contributed by atoms with Crippen LogP contribution >= 0.6 is 0 Å². The minimum Gasteiger partial charge on any atom is -0.499 e. The van der Waals surface area contributed by atoms with E-state index in [0.717, 1.165) is 6.39 Å². The Morgan fingerprint density at radius 1 is 1.26 bits per heavy atom. The van der Waals surface area contributed by atoms with Crippen LogP contribution in [0.15, 0.2) is 47.9 Å². The van der Waals surface area contributed by atoms with E-state index < -0.39 is 17.5 Å². The van der Waals surface area contributed by atoms with Gasteiger partial charge >= 0.3 is 0 Å². The Morgan fingerprint density at radius 3 is 2.59 bits per heavy atom. The Labute approximate surface area is 196 Å². The molecule has 4 N–H and O–H groups in total. The molecular weight excluding hydrogens is 450 g/mol. The van der Waals surface area contributed by atoms with Gasteiger partial charge in [-0.15, -0.1) is 0 Å². The maximum Gasteiger partial charge on any atom is 0.277 e. The number of oxazole rings is 1. The molecule has 3 rings (SSSR count). The van der Waals surface area contributed by atoms with E-state index in [1.807, 2.05) is 20.8 Å². The van der Waals surface area contributed by atoms with Gasteiger partial charge in [-0.25, -0.2) is 25.1 Å². The number of carbonyl (C=O) groups excluding carboxylic acids is 1. The third-order valence-corrected chi connectivity index (χ3v) is 3.95. The third kappa shape index (κ3) is 8.10. The van der Waals surface area contributed by atoms with Gasteiger partial charge in [-0.05, 0) is 37.6 Å². The van der Waals surface area contributed by atoms with Gasteiger partial charge in [-0.2, -0.15) is 0 Å². The van der Waals surface area contributed by atoms with Crippen molar-refractivity contribution in [1.82, 2.24) is 10.5 Å². The van der Waals surface area contributed by atoms with E-state index in [1.165, 1.54) is 24.5 Å². The number of benzene rings is 2. The molecule has 186 valence electrons. The summed E-state index contributed by atoms with van der Waals surface area (Å²) in [6.45, 7) is 11.7. The Bertz CT molecular complexity index is 1060. The van der Waals surface area contributed by atoms with Crippen LogP contribution in [-0.2, 0) is 14.4 Å². The fourth-order valence-corrected chi connectivity index (χ4v) is 2.46. The largest absolute Gasteiger partial charge is 0.499 e. The molecule has 0 saturated heterocycles. The summed E-state index contributed by atoms with van der Waals surface area (Å²) in [4.78, 5) is 25.3. The first-order valence-corrected chi connectivity index (χ1v) is 10.5. The summed E-state index contributed by atoms with van der Waals surface area (Å²) in [7, 11) is 0. The van der Waals surface area contributed by atoms with Crippen LogP contribution in [0.4, 0.5) is 20.2 Å². The second-order valence-corrected chi connectivity index (χ2v) is 6.19. The topological polar surface area (TPSA) is 121 Å². The molecule has 3 aromatic rings. The van der Waals surface area contributed by atoms with Crippen LogP contribution in [0.3, 0.4) is 0 Å². The standard InChI is InChI=1S/C19H17F2N3O4.C2H7NO.C2H6/c1-3-26-6-7-28-24-19(25)12-9-15-18(22-10-27-15)16(21)17(12)23-14-5-4-11(2)8-13(14)20;1-2-4-3;1-2/h3-5,8-10,23H,1,6-7H2,2H3,(H,24,25);2-3H2,1H3;1-2H3. The molecule has 9 nitrogen and oxygen atoms in total. The molecule has 0 radical (unpaired) electrons. The number of nitrogens with zero attached hydrogens (tertiary/aromatic N) is 1. The van der Waals surface area contributed by atoms with Gasteiger partial charge in [0.05, 0.1) is 29.8 Å². The molecule has 0 fully saturated rings. The lowest BCUT2D eigenvalue weighted by molar-refractivity contribution is 0.0145. The predicted octanol–water partition coefficient (Wildman–Crippen LogP) is 4.90. The Balaban J connectivity index is 0.000000872. The quantitative estimate of drug-likeness (QED) is 0.225. The smallest absolute Gasteiger partial charge is 0.277 e.